The number of rotatable bonds is 7. The number of phenols is 1. The molecule has 0 fully saturated rings. The fourth-order valence-electron chi connectivity index (χ4n) is 1.59. The van der Waals surface area contributed by atoms with Crippen molar-refractivity contribution in [3.63, 3.8) is 0 Å². The van der Waals surface area contributed by atoms with Crippen LogP contribution < -0.4 is 10.1 Å². The number of phenolic OH excluding ortho intramolecular Hbond substituents is 1. The molecule has 1 rings (SSSR count). The van der Waals surface area contributed by atoms with E-state index >= 15 is 0 Å². The lowest BCUT2D eigenvalue weighted by molar-refractivity contribution is -0.135. The molecule has 0 saturated heterocycles. The Bertz CT molecular complexity index is 394. The summed E-state index contributed by atoms with van der Waals surface area (Å²) in [5.74, 6) is 0.444. The summed E-state index contributed by atoms with van der Waals surface area (Å²) in [4.78, 5) is 0. The summed E-state index contributed by atoms with van der Waals surface area (Å²) in [6.07, 6.45) is -4.82. The van der Waals surface area contributed by atoms with E-state index in [4.69, 9.17) is 4.74 Å². The zero-order valence-corrected chi connectivity index (χ0v) is 10.8. The molecule has 108 valence electrons. The van der Waals surface area contributed by atoms with Gasteiger partial charge in [0, 0.05) is 13.0 Å². The first-order valence-corrected chi connectivity index (χ1v) is 6.14. The van der Waals surface area contributed by atoms with Crippen LogP contribution in [0.4, 0.5) is 13.2 Å². The topological polar surface area (TPSA) is 41.5 Å². The highest BCUT2D eigenvalue weighted by molar-refractivity contribution is 5.41. The summed E-state index contributed by atoms with van der Waals surface area (Å²) in [6, 6.07) is 4.89. The van der Waals surface area contributed by atoms with Crippen molar-refractivity contribution in [3.05, 3.63) is 23.8 Å². The van der Waals surface area contributed by atoms with Crippen molar-refractivity contribution in [2.45, 2.75) is 32.5 Å². The summed E-state index contributed by atoms with van der Waals surface area (Å²) in [6.45, 7) is 2.99. The van der Waals surface area contributed by atoms with Crippen LogP contribution in [0.2, 0.25) is 0 Å². The molecule has 0 radical (unpaired) electrons. The standard InChI is InChI=1S/C13H18F3NO2/c1-2-19-12-8-10(4-5-11(12)18)9-17-7-3-6-13(14,15)16/h4-5,8,17-18H,2-3,6-7,9H2,1H3. The molecule has 0 atom stereocenters. The Morgan fingerprint density at radius 1 is 1.32 bits per heavy atom. The molecule has 2 N–H and O–H groups in total. The lowest BCUT2D eigenvalue weighted by Gasteiger charge is -2.10. The van der Waals surface area contributed by atoms with Crippen molar-refractivity contribution in [1.82, 2.24) is 5.32 Å². The third-order valence-corrected chi connectivity index (χ3v) is 2.47. The van der Waals surface area contributed by atoms with E-state index in [0.717, 1.165) is 5.56 Å². The number of alkyl halides is 3. The maximum atomic E-state index is 11.9. The van der Waals surface area contributed by atoms with Gasteiger partial charge < -0.3 is 15.2 Å². The number of nitrogens with one attached hydrogen (secondary N) is 1. The van der Waals surface area contributed by atoms with E-state index < -0.39 is 12.6 Å². The van der Waals surface area contributed by atoms with Crippen LogP contribution in [0.5, 0.6) is 11.5 Å². The van der Waals surface area contributed by atoms with Gasteiger partial charge in [0.25, 0.3) is 0 Å². The van der Waals surface area contributed by atoms with Gasteiger partial charge in [0.05, 0.1) is 6.61 Å². The largest absolute Gasteiger partial charge is 0.504 e. The Labute approximate surface area is 110 Å². The molecule has 0 aliphatic carbocycles. The Balaban J connectivity index is 2.35. The van der Waals surface area contributed by atoms with Crippen LogP contribution in [0, 0.1) is 0 Å². The van der Waals surface area contributed by atoms with Gasteiger partial charge in [-0.2, -0.15) is 13.2 Å². The Kier molecular flexibility index (Phi) is 5.95. The Morgan fingerprint density at radius 3 is 2.68 bits per heavy atom. The average molecular weight is 277 g/mol. The van der Waals surface area contributed by atoms with E-state index in [-0.39, 0.29) is 12.2 Å². The van der Waals surface area contributed by atoms with Gasteiger partial charge in [-0.15, -0.1) is 0 Å². The van der Waals surface area contributed by atoms with Crippen LogP contribution >= 0.6 is 0 Å². The van der Waals surface area contributed by atoms with E-state index in [1.54, 1.807) is 12.1 Å². The SMILES string of the molecule is CCOc1cc(CNCCCC(F)(F)F)ccc1O. The predicted molar refractivity (Wildman–Crippen MR) is 66.3 cm³/mol. The van der Waals surface area contributed by atoms with Gasteiger partial charge in [0.15, 0.2) is 11.5 Å². The number of halogens is 3. The van der Waals surface area contributed by atoms with Crippen molar-refractivity contribution >= 4 is 0 Å². The molecule has 0 aliphatic heterocycles. The van der Waals surface area contributed by atoms with Crippen molar-refractivity contribution in [2.24, 2.45) is 0 Å². The highest BCUT2D eigenvalue weighted by atomic mass is 19.4. The van der Waals surface area contributed by atoms with Gasteiger partial charge >= 0.3 is 6.18 Å². The van der Waals surface area contributed by atoms with Gasteiger partial charge in [-0.3, -0.25) is 0 Å². The first-order chi connectivity index (χ1) is 8.92. The first-order valence-electron chi connectivity index (χ1n) is 6.14. The lowest BCUT2D eigenvalue weighted by atomic mass is 10.2. The van der Waals surface area contributed by atoms with Gasteiger partial charge in [0.1, 0.15) is 0 Å². The molecule has 6 heteroatoms. The summed E-state index contributed by atoms with van der Waals surface area (Å²) >= 11 is 0. The highest BCUT2D eigenvalue weighted by Crippen LogP contribution is 2.26. The number of benzene rings is 1. The minimum atomic E-state index is -4.09. The summed E-state index contributed by atoms with van der Waals surface area (Å²) in [7, 11) is 0. The fourth-order valence-corrected chi connectivity index (χ4v) is 1.59. The predicted octanol–water partition coefficient (Wildman–Crippen LogP) is 3.22. The molecule has 0 amide bonds. The summed E-state index contributed by atoms with van der Waals surface area (Å²) in [5, 5.41) is 12.4. The number of hydrogen-bond acceptors (Lipinski definition) is 3. The highest BCUT2D eigenvalue weighted by Gasteiger charge is 2.25. The lowest BCUT2D eigenvalue weighted by Crippen LogP contribution is -2.17. The molecule has 0 aromatic heterocycles. The molecule has 1 aromatic rings. The number of ether oxygens (including phenoxy) is 1. The summed E-state index contributed by atoms with van der Waals surface area (Å²) in [5.41, 5.74) is 0.855. The summed E-state index contributed by atoms with van der Waals surface area (Å²) < 4.78 is 41.0. The molecule has 1 aromatic carbocycles. The van der Waals surface area contributed by atoms with Gasteiger partial charge in [-0.25, -0.2) is 0 Å². The maximum Gasteiger partial charge on any atom is 0.389 e. The van der Waals surface area contributed by atoms with E-state index in [0.29, 0.717) is 25.4 Å². The normalized spacial score (nSPS) is 11.6. The van der Waals surface area contributed by atoms with Crippen LogP contribution in [0.15, 0.2) is 18.2 Å². The van der Waals surface area contributed by atoms with Crippen LogP contribution in [-0.4, -0.2) is 24.4 Å². The molecule has 0 spiro atoms. The van der Waals surface area contributed by atoms with Crippen LogP contribution in [-0.2, 0) is 6.54 Å². The van der Waals surface area contributed by atoms with Gasteiger partial charge in [-0.1, -0.05) is 6.07 Å². The first kappa shape index (κ1) is 15.6. The number of hydrogen-bond donors (Lipinski definition) is 2. The van der Waals surface area contributed by atoms with E-state index in [2.05, 4.69) is 5.32 Å². The third kappa shape index (κ3) is 6.33. The average Bonchev–Trinajstić information content (AvgIpc) is 2.31. The molecule has 0 aliphatic rings. The second-order valence-electron chi connectivity index (χ2n) is 4.13. The molecule has 0 heterocycles. The van der Waals surface area contributed by atoms with Crippen LogP contribution in [0.25, 0.3) is 0 Å². The van der Waals surface area contributed by atoms with E-state index in [1.165, 1.54) is 6.07 Å². The van der Waals surface area contributed by atoms with E-state index in [1.807, 2.05) is 6.92 Å². The molecule has 19 heavy (non-hydrogen) atoms. The molecular formula is C13H18F3NO2. The van der Waals surface area contributed by atoms with Crippen LogP contribution in [0.1, 0.15) is 25.3 Å². The maximum absolute atomic E-state index is 11.9. The molecule has 0 bridgehead atoms. The smallest absolute Gasteiger partial charge is 0.389 e. The van der Waals surface area contributed by atoms with Gasteiger partial charge in [0.2, 0.25) is 0 Å². The van der Waals surface area contributed by atoms with E-state index in [9.17, 15) is 18.3 Å². The van der Waals surface area contributed by atoms with Crippen molar-refractivity contribution < 1.29 is 23.0 Å². The van der Waals surface area contributed by atoms with Crippen molar-refractivity contribution in [3.8, 4) is 11.5 Å². The number of aromatic hydroxyl groups is 1. The quantitative estimate of drug-likeness (QED) is 0.752. The zero-order valence-electron chi connectivity index (χ0n) is 10.8. The fraction of sp³-hybridized carbons (Fsp3) is 0.538. The molecule has 3 nitrogen and oxygen atoms in total. The second kappa shape index (κ2) is 7.23. The van der Waals surface area contributed by atoms with Gasteiger partial charge in [-0.05, 0) is 37.6 Å². The van der Waals surface area contributed by atoms with Crippen molar-refractivity contribution in [1.29, 1.82) is 0 Å². The minimum absolute atomic E-state index is 0.0555. The Hall–Kier alpha value is -1.43. The Morgan fingerprint density at radius 2 is 2.05 bits per heavy atom. The third-order valence-electron chi connectivity index (χ3n) is 2.47. The molecular weight excluding hydrogens is 259 g/mol. The van der Waals surface area contributed by atoms with Crippen molar-refractivity contribution in [2.75, 3.05) is 13.2 Å². The zero-order chi connectivity index (χ0) is 14.3. The second-order valence-corrected chi connectivity index (χ2v) is 4.13. The monoisotopic (exact) mass is 277 g/mol. The van der Waals surface area contributed by atoms with Crippen LogP contribution in [0.3, 0.4) is 0 Å². The molecule has 0 unspecified atom stereocenters. The molecule has 0 saturated carbocycles. The minimum Gasteiger partial charge on any atom is -0.504 e.